The van der Waals surface area contributed by atoms with Crippen LogP contribution in [0.25, 0.3) is 0 Å². The Morgan fingerprint density at radius 1 is 1.25 bits per heavy atom. The summed E-state index contributed by atoms with van der Waals surface area (Å²) in [5, 5.41) is 11.5. The molecular formula is C13H30N4O3. The lowest BCUT2D eigenvalue weighted by molar-refractivity contribution is -0.261. The van der Waals surface area contributed by atoms with E-state index in [0.29, 0.717) is 18.4 Å². The number of hydrogen-bond acceptors (Lipinski definition) is 6. The summed E-state index contributed by atoms with van der Waals surface area (Å²) in [6.07, 6.45) is 1.31. The summed E-state index contributed by atoms with van der Waals surface area (Å²) in [5.41, 5.74) is -0.475. The maximum Gasteiger partial charge on any atom is 0.410 e. The predicted octanol–water partition coefficient (Wildman–Crippen LogP) is 1.82. The Labute approximate surface area is 122 Å². The van der Waals surface area contributed by atoms with Crippen LogP contribution in [0.1, 0.15) is 47.5 Å². The molecule has 1 amide bonds. The SMILES string of the molecule is CC(C)N(CCCCN(C)C(=O)OC(C)(C)C)N(N)O. The van der Waals surface area contributed by atoms with Crippen LogP contribution in [0.4, 0.5) is 4.79 Å². The lowest BCUT2D eigenvalue weighted by Gasteiger charge is -2.30. The van der Waals surface area contributed by atoms with Gasteiger partial charge in [0.05, 0.1) is 0 Å². The molecule has 0 heterocycles. The monoisotopic (exact) mass is 290 g/mol. The van der Waals surface area contributed by atoms with E-state index in [9.17, 15) is 10.0 Å². The molecule has 7 heteroatoms. The van der Waals surface area contributed by atoms with Crippen molar-refractivity contribution in [2.45, 2.75) is 59.1 Å². The van der Waals surface area contributed by atoms with E-state index >= 15 is 0 Å². The zero-order valence-corrected chi connectivity index (χ0v) is 13.6. The second kappa shape index (κ2) is 8.41. The minimum absolute atomic E-state index is 0.119. The van der Waals surface area contributed by atoms with E-state index in [1.165, 1.54) is 0 Å². The summed E-state index contributed by atoms with van der Waals surface area (Å²) in [6.45, 7) is 10.7. The number of rotatable bonds is 7. The molecule has 20 heavy (non-hydrogen) atoms. The van der Waals surface area contributed by atoms with E-state index in [4.69, 9.17) is 10.6 Å². The molecule has 0 aliphatic carbocycles. The maximum absolute atomic E-state index is 11.7. The fourth-order valence-electron chi connectivity index (χ4n) is 1.65. The first-order chi connectivity index (χ1) is 9.04. The van der Waals surface area contributed by atoms with Crippen molar-refractivity contribution in [3.63, 3.8) is 0 Å². The van der Waals surface area contributed by atoms with Crippen LogP contribution in [0, 0.1) is 0 Å². The van der Waals surface area contributed by atoms with Crippen LogP contribution in [-0.2, 0) is 4.74 Å². The van der Waals surface area contributed by atoms with Gasteiger partial charge in [-0.1, -0.05) is 5.28 Å². The Balaban J connectivity index is 3.97. The quantitative estimate of drug-likeness (QED) is 0.423. The summed E-state index contributed by atoms with van der Waals surface area (Å²) in [6, 6.07) is 0.119. The van der Waals surface area contributed by atoms with Gasteiger partial charge in [-0.05, 0) is 47.5 Å². The van der Waals surface area contributed by atoms with Crippen molar-refractivity contribution in [2.24, 2.45) is 5.84 Å². The first-order valence-electron chi connectivity index (χ1n) is 6.99. The Morgan fingerprint density at radius 3 is 2.15 bits per heavy atom. The smallest absolute Gasteiger partial charge is 0.410 e. The zero-order chi connectivity index (χ0) is 15.9. The molecule has 0 spiro atoms. The molecule has 0 bridgehead atoms. The van der Waals surface area contributed by atoms with Crippen molar-refractivity contribution in [1.82, 2.24) is 15.2 Å². The van der Waals surface area contributed by atoms with Crippen molar-refractivity contribution in [1.29, 1.82) is 0 Å². The molecule has 120 valence electrons. The number of nitrogens with zero attached hydrogens (tertiary/aromatic N) is 3. The molecule has 0 aliphatic rings. The van der Waals surface area contributed by atoms with Crippen molar-refractivity contribution in [3.05, 3.63) is 0 Å². The Bertz CT molecular complexity index is 282. The Kier molecular flexibility index (Phi) is 8.03. The molecule has 3 N–H and O–H groups in total. The number of ether oxygens (including phenoxy) is 1. The molecule has 0 aromatic carbocycles. The Hall–Kier alpha value is -0.890. The van der Waals surface area contributed by atoms with E-state index in [0.717, 1.165) is 12.8 Å². The summed E-state index contributed by atoms with van der Waals surface area (Å²) in [4.78, 5) is 13.3. The number of amides is 1. The van der Waals surface area contributed by atoms with Gasteiger partial charge in [0, 0.05) is 26.2 Å². The number of hydrogen-bond donors (Lipinski definition) is 2. The second-order valence-corrected chi connectivity index (χ2v) is 6.19. The van der Waals surface area contributed by atoms with Crippen LogP contribution in [0.3, 0.4) is 0 Å². The van der Waals surface area contributed by atoms with Gasteiger partial charge in [0.25, 0.3) is 0 Å². The largest absolute Gasteiger partial charge is 0.444 e. The molecule has 0 saturated heterocycles. The van der Waals surface area contributed by atoms with Gasteiger partial charge < -0.3 is 9.64 Å². The lowest BCUT2D eigenvalue weighted by atomic mass is 10.2. The van der Waals surface area contributed by atoms with E-state index in [-0.39, 0.29) is 12.1 Å². The molecule has 0 aromatic rings. The fourth-order valence-corrected chi connectivity index (χ4v) is 1.65. The van der Waals surface area contributed by atoms with Gasteiger partial charge in [-0.3, -0.25) is 5.21 Å². The molecule has 0 aliphatic heterocycles. The minimum Gasteiger partial charge on any atom is -0.444 e. The number of carbonyl (C=O) groups is 1. The van der Waals surface area contributed by atoms with Gasteiger partial charge in [-0.2, -0.15) is 0 Å². The highest BCUT2D eigenvalue weighted by Crippen LogP contribution is 2.09. The molecule has 0 fully saturated rings. The fraction of sp³-hybridized carbons (Fsp3) is 0.923. The summed E-state index contributed by atoms with van der Waals surface area (Å²) >= 11 is 0. The molecule has 0 rings (SSSR count). The second-order valence-electron chi connectivity index (χ2n) is 6.19. The van der Waals surface area contributed by atoms with Crippen LogP contribution in [-0.4, -0.2) is 58.3 Å². The Morgan fingerprint density at radius 2 is 1.75 bits per heavy atom. The van der Waals surface area contributed by atoms with Crippen molar-refractivity contribution in [2.75, 3.05) is 20.1 Å². The van der Waals surface area contributed by atoms with Crippen molar-refractivity contribution < 1.29 is 14.7 Å². The lowest BCUT2D eigenvalue weighted by Crippen LogP contribution is -2.49. The van der Waals surface area contributed by atoms with E-state index in [1.54, 1.807) is 17.0 Å². The molecule has 0 atom stereocenters. The average molecular weight is 290 g/mol. The number of hydrazine groups is 2. The van der Waals surface area contributed by atoms with Gasteiger partial charge in [0.2, 0.25) is 0 Å². The molecule has 7 nitrogen and oxygen atoms in total. The zero-order valence-electron chi connectivity index (χ0n) is 13.6. The normalized spacial score (nSPS) is 12.3. The number of carbonyl (C=O) groups excluding carboxylic acids is 1. The summed E-state index contributed by atoms with van der Waals surface area (Å²) < 4.78 is 5.26. The topological polar surface area (TPSA) is 82.3 Å². The van der Waals surface area contributed by atoms with Gasteiger partial charge in [0.1, 0.15) is 5.60 Å². The van der Waals surface area contributed by atoms with Crippen molar-refractivity contribution in [3.8, 4) is 0 Å². The molecule has 0 radical (unpaired) electrons. The average Bonchev–Trinajstić information content (AvgIpc) is 2.24. The van der Waals surface area contributed by atoms with Crippen LogP contribution in [0.2, 0.25) is 0 Å². The third-order valence-corrected chi connectivity index (χ3v) is 2.70. The van der Waals surface area contributed by atoms with E-state index in [1.807, 2.05) is 34.6 Å². The minimum atomic E-state index is -0.475. The summed E-state index contributed by atoms with van der Waals surface area (Å²) in [7, 11) is 1.72. The van der Waals surface area contributed by atoms with Crippen LogP contribution < -0.4 is 5.84 Å². The van der Waals surface area contributed by atoms with Crippen molar-refractivity contribution >= 4 is 6.09 Å². The third kappa shape index (κ3) is 8.31. The first kappa shape index (κ1) is 19.1. The van der Waals surface area contributed by atoms with Gasteiger partial charge in [-0.25, -0.2) is 15.6 Å². The highest BCUT2D eigenvalue weighted by atomic mass is 16.6. The summed E-state index contributed by atoms with van der Waals surface area (Å²) in [5.74, 6) is 5.33. The van der Waals surface area contributed by atoms with E-state index in [2.05, 4.69) is 0 Å². The molecule has 0 aromatic heterocycles. The standard InChI is InChI=1S/C13H30N4O3/c1-11(2)16(17(14)19)10-8-7-9-15(6)12(18)20-13(3,4)5/h11,19H,7-10,14H2,1-6H3. The highest BCUT2D eigenvalue weighted by molar-refractivity contribution is 5.67. The van der Waals surface area contributed by atoms with Gasteiger partial charge >= 0.3 is 6.09 Å². The maximum atomic E-state index is 11.7. The van der Waals surface area contributed by atoms with Gasteiger partial charge in [0.15, 0.2) is 0 Å². The van der Waals surface area contributed by atoms with Gasteiger partial charge in [-0.15, -0.1) is 0 Å². The first-order valence-corrected chi connectivity index (χ1v) is 6.99. The third-order valence-electron chi connectivity index (χ3n) is 2.70. The van der Waals surface area contributed by atoms with E-state index < -0.39 is 5.60 Å². The highest BCUT2D eigenvalue weighted by Gasteiger charge is 2.19. The number of unbranched alkanes of at least 4 members (excludes halogenated alkanes) is 1. The molecule has 0 saturated carbocycles. The van der Waals surface area contributed by atoms with Crippen LogP contribution >= 0.6 is 0 Å². The predicted molar refractivity (Wildman–Crippen MR) is 77.8 cm³/mol. The number of nitrogens with two attached hydrogens (primary N) is 1. The molecular weight excluding hydrogens is 260 g/mol. The van der Waals surface area contributed by atoms with Crippen LogP contribution in [0.5, 0.6) is 0 Å². The van der Waals surface area contributed by atoms with Crippen LogP contribution in [0.15, 0.2) is 0 Å². The molecule has 0 unspecified atom stereocenters.